The largest absolute Gasteiger partial charge is 0.494 e. The number of hydrogen-bond donors (Lipinski definition) is 1. The van der Waals surface area contributed by atoms with Crippen LogP contribution in [-0.4, -0.2) is 19.4 Å². The van der Waals surface area contributed by atoms with Crippen LogP contribution in [0.5, 0.6) is 5.75 Å². The molecule has 2 aromatic carbocycles. The van der Waals surface area contributed by atoms with E-state index >= 15 is 0 Å². The van der Waals surface area contributed by atoms with Gasteiger partial charge in [-0.25, -0.2) is 4.39 Å². The smallest absolute Gasteiger partial charge is 0.196 e. The number of rotatable bonds is 5. The first-order chi connectivity index (χ1) is 9.69. The van der Waals surface area contributed by atoms with Crippen LogP contribution in [0, 0.1) is 5.82 Å². The van der Waals surface area contributed by atoms with Gasteiger partial charge < -0.3 is 10.5 Å². The fourth-order valence-corrected chi connectivity index (χ4v) is 2.10. The molecule has 2 aromatic rings. The van der Waals surface area contributed by atoms with Gasteiger partial charge in [-0.05, 0) is 30.7 Å². The topological polar surface area (TPSA) is 52.3 Å². The SMILES string of the molecule is COc1cccc(C(=O)c2ccccc2CCN)c1F. The highest BCUT2D eigenvalue weighted by Crippen LogP contribution is 2.23. The van der Waals surface area contributed by atoms with Crippen LogP contribution in [0.2, 0.25) is 0 Å². The molecule has 0 atom stereocenters. The zero-order chi connectivity index (χ0) is 14.5. The van der Waals surface area contributed by atoms with E-state index < -0.39 is 5.82 Å². The Bertz CT molecular complexity index is 626. The van der Waals surface area contributed by atoms with E-state index in [2.05, 4.69) is 0 Å². The third-order valence-electron chi connectivity index (χ3n) is 3.10. The Morgan fingerprint density at radius 2 is 1.85 bits per heavy atom. The van der Waals surface area contributed by atoms with Gasteiger partial charge in [0, 0.05) is 5.56 Å². The highest BCUT2D eigenvalue weighted by Gasteiger charge is 2.19. The molecular weight excluding hydrogens is 257 g/mol. The van der Waals surface area contributed by atoms with E-state index in [1.165, 1.54) is 19.2 Å². The lowest BCUT2D eigenvalue weighted by atomic mass is 9.96. The molecular formula is C16H16FNO2. The van der Waals surface area contributed by atoms with Crippen LogP contribution in [0.15, 0.2) is 42.5 Å². The predicted octanol–water partition coefficient (Wildman–Crippen LogP) is 2.57. The van der Waals surface area contributed by atoms with Gasteiger partial charge in [-0.2, -0.15) is 0 Å². The summed E-state index contributed by atoms with van der Waals surface area (Å²) in [5, 5.41) is 0. The molecule has 20 heavy (non-hydrogen) atoms. The fraction of sp³-hybridized carbons (Fsp3) is 0.188. The second-order valence-corrected chi connectivity index (χ2v) is 4.35. The van der Waals surface area contributed by atoms with Gasteiger partial charge in [0.15, 0.2) is 17.3 Å². The van der Waals surface area contributed by atoms with Crippen LogP contribution in [0.3, 0.4) is 0 Å². The van der Waals surface area contributed by atoms with Crippen molar-refractivity contribution in [3.05, 3.63) is 65.0 Å². The number of halogens is 1. The molecule has 0 aliphatic rings. The molecule has 0 bridgehead atoms. The first kappa shape index (κ1) is 14.2. The van der Waals surface area contributed by atoms with Crippen LogP contribution < -0.4 is 10.5 Å². The van der Waals surface area contributed by atoms with E-state index in [1.807, 2.05) is 12.1 Å². The summed E-state index contributed by atoms with van der Waals surface area (Å²) in [4.78, 5) is 12.5. The maximum atomic E-state index is 14.2. The Morgan fingerprint density at radius 3 is 2.55 bits per heavy atom. The molecule has 3 nitrogen and oxygen atoms in total. The normalized spacial score (nSPS) is 10.3. The zero-order valence-corrected chi connectivity index (χ0v) is 11.2. The van der Waals surface area contributed by atoms with Crippen molar-refractivity contribution in [3.8, 4) is 5.75 Å². The average Bonchev–Trinajstić information content (AvgIpc) is 2.48. The van der Waals surface area contributed by atoms with Gasteiger partial charge in [0.25, 0.3) is 0 Å². The van der Waals surface area contributed by atoms with E-state index in [0.717, 1.165) is 5.56 Å². The summed E-state index contributed by atoms with van der Waals surface area (Å²) in [6.07, 6.45) is 0.577. The van der Waals surface area contributed by atoms with E-state index in [1.54, 1.807) is 18.2 Å². The van der Waals surface area contributed by atoms with Crippen LogP contribution in [0.1, 0.15) is 21.5 Å². The molecule has 0 saturated heterocycles. The molecule has 104 valence electrons. The molecule has 0 amide bonds. The lowest BCUT2D eigenvalue weighted by molar-refractivity contribution is 0.103. The monoisotopic (exact) mass is 273 g/mol. The van der Waals surface area contributed by atoms with Crippen LogP contribution in [0.4, 0.5) is 4.39 Å². The van der Waals surface area contributed by atoms with E-state index in [9.17, 15) is 9.18 Å². The molecule has 0 heterocycles. The number of hydrogen-bond acceptors (Lipinski definition) is 3. The Morgan fingerprint density at radius 1 is 1.15 bits per heavy atom. The number of carbonyl (C=O) groups is 1. The number of nitrogens with two attached hydrogens (primary N) is 1. The second kappa shape index (κ2) is 6.30. The lowest BCUT2D eigenvalue weighted by Crippen LogP contribution is -2.11. The first-order valence-electron chi connectivity index (χ1n) is 6.34. The van der Waals surface area contributed by atoms with Crippen molar-refractivity contribution in [2.24, 2.45) is 5.73 Å². The minimum atomic E-state index is -0.637. The lowest BCUT2D eigenvalue weighted by Gasteiger charge is -2.10. The molecule has 2 N–H and O–H groups in total. The third kappa shape index (κ3) is 2.70. The van der Waals surface area contributed by atoms with Crippen molar-refractivity contribution in [2.75, 3.05) is 13.7 Å². The summed E-state index contributed by atoms with van der Waals surface area (Å²) in [7, 11) is 1.37. The number of benzene rings is 2. The summed E-state index contributed by atoms with van der Waals surface area (Å²) in [6.45, 7) is 0.435. The summed E-state index contributed by atoms with van der Waals surface area (Å²) < 4.78 is 19.1. The highest BCUT2D eigenvalue weighted by molar-refractivity contribution is 6.10. The van der Waals surface area contributed by atoms with Crippen LogP contribution in [-0.2, 0) is 6.42 Å². The van der Waals surface area contributed by atoms with Gasteiger partial charge in [-0.3, -0.25) is 4.79 Å². The summed E-state index contributed by atoms with van der Waals surface area (Å²) in [6, 6.07) is 11.7. The number of ketones is 1. The zero-order valence-electron chi connectivity index (χ0n) is 11.2. The maximum absolute atomic E-state index is 14.2. The minimum Gasteiger partial charge on any atom is -0.494 e. The van der Waals surface area contributed by atoms with Crippen molar-refractivity contribution in [2.45, 2.75) is 6.42 Å². The Kier molecular flexibility index (Phi) is 4.48. The van der Waals surface area contributed by atoms with Gasteiger partial charge in [0.1, 0.15) is 0 Å². The van der Waals surface area contributed by atoms with Crippen LogP contribution in [0.25, 0.3) is 0 Å². The molecule has 0 fully saturated rings. The Hall–Kier alpha value is -2.20. The van der Waals surface area contributed by atoms with Crippen molar-refractivity contribution in [3.63, 3.8) is 0 Å². The molecule has 0 spiro atoms. The molecule has 0 aliphatic carbocycles. The second-order valence-electron chi connectivity index (χ2n) is 4.35. The quantitative estimate of drug-likeness (QED) is 0.852. The Balaban J connectivity index is 2.47. The number of ether oxygens (including phenoxy) is 1. The third-order valence-corrected chi connectivity index (χ3v) is 3.10. The molecule has 0 aliphatic heterocycles. The van der Waals surface area contributed by atoms with E-state index in [0.29, 0.717) is 18.5 Å². The standard InChI is InChI=1S/C16H16FNO2/c1-20-14-8-4-7-13(15(14)17)16(19)12-6-3-2-5-11(12)9-10-18/h2-8H,9-10,18H2,1H3. The number of methoxy groups -OCH3 is 1. The molecule has 0 aromatic heterocycles. The maximum Gasteiger partial charge on any atom is 0.196 e. The van der Waals surface area contributed by atoms with Crippen molar-refractivity contribution >= 4 is 5.78 Å². The molecule has 0 saturated carbocycles. The molecule has 0 radical (unpaired) electrons. The number of carbonyl (C=O) groups excluding carboxylic acids is 1. The van der Waals surface area contributed by atoms with Gasteiger partial charge in [0.2, 0.25) is 0 Å². The van der Waals surface area contributed by atoms with E-state index in [4.69, 9.17) is 10.5 Å². The predicted molar refractivity (Wildman–Crippen MR) is 75.6 cm³/mol. The van der Waals surface area contributed by atoms with Crippen molar-refractivity contribution in [1.82, 2.24) is 0 Å². The van der Waals surface area contributed by atoms with Gasteiger partial charge in [-0.15, -0.1) is 0 Å². The van der Waals surface area contributed by atoms with Gasteiger partial charge >= 0.3 is 0 Å². The van der Waals surface area contributed by atoms with Crippen LogP contribution >= 0.6 is 0 Å². The van der Waals surface area contributed by atoms with Gasteiger partial charge in [0.05, 0.1) is 12.7 Å². The van der Waals surface area contributed by atoms with Crippen molar-refractivity contribution < 1.29 is 13.9 Å². The minimum absolute atomic E-state index is 0.00817. The summed E-state index contributed by atoms with van der Waals surface area (Å²) >= 11 is 0. The highest BCUT2D eigenvalue weighted by atomic mass is 19.1. The molecule has 0 unspecified atom stereocenters. The molecule has 4 heteroatoms. The summed E-state index contributed by atoms with van der Waals surface area (Å²) in [5.74, 6) is -0.930. The average molecular weight is 273 g/mol. The molecule has 2 rings (SSSR count). The van der Waals surface area contributed by atoms with Crippen molar-refractivity contribution in [1.29, 1.82) is 0 Å². The summed E-state index contributed by atoms with van der Waals surface area (Å²) in [5.41, 5.74) is 6.85. The first-order valence-corrected chi connectivity index (χ1v) is 6.34. The van der Waals surface area contributed by atoms with Gasteiger partial charge in [-0.1, -0.05) is 30.3 Å². The Labute approximate surface area is 117 Å². The fourth-order valence-electron chi connectivity index (χ4n) is 2.10. The van der Waals surface area contributed by atoms with E-state index in [-0.39, 0.29) is 17.1 Å².